The summed E-state index contributed by atoms with van der Waals surface area (Å²) in [5, 5.41) is 0. The minimum atomic E-state index is 0.347. The predicted octanol–water partition coefficient (Wildman–Crippen LogP) is 4.72. The fourth-order valence-corrected chi connectivity index (χ4v) is 3.39. The second-order valence-electron chi connectivity index (χ2n) is 6.32. The summed E-state index contributed by atoms with van der Waals surface area (Å²) in [6.07, 6.45) is 1.31. The predicted molar refractivity (Wildman–Crippen MR) is 71.1 cm³/mol. The van der Waals surface area contributed by atoms with E-state index in [0.29, 0.717) is 11.3 Å². The number of hydrogen-bond acceptors (Lipinski definition) is 0. The minimum absolute atomic E-state index is 0.347. The third-order valence-electron chi connectivity index (χ3n) is 4.66. The van der Waals surface area contributed by atoms with Gasteiger partial charge in [-0.2, -0.15) is 0 Å². The number of rotatable bonds is 0. The molecule has 0 saturated heterocycles. The van der Waals surface area contributed by atoms with Gasteiger partial charge in [0.15, 0.2) is 0 Å². The third-order valence-corrected chi connectivity index (χ3v) is 4.66. The normalized spacial score (nSPS) is 27.6. The lowest BCUT2D eigenvalue weighted by molar-refractivity contribution is 0.309. The first-order valence-corrected chi connectivity index (χ1v) is 6.45. The Labute approximate surface area is 100 Å². The summed E-state index contributed by atoms with van der Waals surface area (Å²) in [5.74, 6) is 1.51. The van der Waals surface area contributed by atoms with Crippen LogP contribution in [0.2, 0.25) is 0 Å². The number of fused-ring (bicyclic) bond motifs is 1. The van der Waals surface area contributed by atoms with Crippen molar-refractivity contribution in [3.05, 3.63) is 34.4 Å². The van der Waals surface area contributed by atoms with Gasteiger partial charge in [-0.05, 0) is 59.8 Å². The van der Waals surface area contributed by atoms with Gasteiger partial charge in [0.2, 0.25) is 0 Å². The monoisotopic (exact) mass is 216 g/mol. The molecule has 0 heterocycles. The molecule has 0 aromatic heterocycles. The molecule has 1 aliphatic rings. The molecule has 1 aromatic rings. The lowest BCUT2D eigenvalue weighted by atomic mass is 9.63. The molecular formula is C16H24. The molecule has 0 radical (unpaired) electrons. The maximum absolute atomic E-state index is 2.40. The van der Waals surface area contributed by atoms with Crippen LogP contribution in [0, 0.1) is 19.8 Å². The Morgan fingerprint density at radius 3 is 2.38 bits per heavy atom. The molecule has 0 nitrogen and oxygen atoms in total. The summed E-state index contributed by atoms with van der Waals surface area (Å²) in [6.45, 7) is 14.1. The fourth-order valence-electron chi connectivity index (χ4n) is 3.39. The average Bonchev–Trinajstić information content (AvgIpc) is 2.18. The highest BCUT2D eigenvalue weighted by Crippen LogP contribution is 2.47. The van der Waals surface area contributed by atoms with E-state index < -0.39 is 0 Å². The molecular weight excluding hydrogens is 192 g/mol. The van der Waals surface area contributed by atoms with E-state index in [-0.39, 0.29) is 0 Å². The molecule has 2 unspecified atom stereocenters. The standard InChI is InChI=1S/C16H24/c1-10-7-8-14-15(12(10)3)13(4)11(2)9-16(14,5)6/h7-8,11,13H,9H2,1-6H3. The van der Waals surface area contributed by atoms with Crippen molar-refractivity contribution in [2.75, 3.05) is 0 Å². The van der Waals surface area contributed by atoms with Crippen molar-refractivity contribution in [1.29, 1.82) is 0 Å². The third kappa shape index (κ3) is 1.59. The minimum Gasteiger partial charge on any atom is -0.0619 e. The first-order chi connectivity index (χ1) is 7.34. The van der Waals surface area contributed by atoms with Crippen molar-refractivity contribution >= 4 is 0 Å². The summed E-state index contributed by atoms with van der Waals surface area (Å²) in [6, 6.07) is 4.65. The highest BCUT2D eigenvalue weighted by Gasteiger charge is 2.36. The highest BCUT2D eigenvalue weighted by molar-refractivity contribution is 5.47. The molecule has 1 aliphatic carbocycles. The lowest BCUT2D eigenvalue weighted by Crippen LogP contribution is -2.31. The molecule has 2 atom stereocenters. The summed E-state index contributed by atoms with van der Waals surface area (Å²) >= 11 is 0. The van der Waals surface area contributed by atoms with Gasteiger partial charge in [-0.25, -0.2) is 0 Å². The van der Waals surface area contributed by atoms with E-state index in [1.165, 1.54) is 17.5 Å². The van der Waals surface area contributed by atoms with Gasteiger partial charge in [0.1, 0.15) is 0 Å². The van der Waals surface area contributed by atoms with Crippen LogP contribution in [0.5, 0.6) is 0 Å². The van der Waals surface area contributed by atoms with Crippen LogP contribution in [0.4, 0.5) is 0 Å². The van der Waals surface area contributed by atoms with E-state index in [0.717, 1.165) is 5.92 Å². The van der Waals surface area contributed by atoms with Gasteiger partial charge in [-0.3, -0.25) is 0 Å². The second-order valence-corrected chi connectivity index (χ2v) is 6.32. The van der Waals surface area contributed by atoms with Gasteiger partial charge < -0.3 is 0 Å². The van der Waals surface area contributed by atoms with Crippen molar-refractivity contribution in [2.45, 2.75) is 59.3 Å². The first-order valence-electron chi connectivity index (χ1n) is 6.45. The van der Waals surface area contributed by atoms with Gasteiger partial charge in [0, 0.05) is 0 Å². The topological polar surface area (TPSA) is 0 Å². The van der Waals surface area contributed by atoms with E-state index in [2.05, 4.69) is 53.7 Å². The molecule has 88 valence electrons. The van der Waals surface area contributed by atoms with Crippen molar-refractivity contribution < 1.29 is 0 Å². The van der Waals surface area contributed by atoms with Crippen molar-refractivity contribution in [3.8, 4) is 0 Å². The van der Waals surface area contributed by atoms with Crippen LogP contribution in [0.15, 0.2) is 12.1 Å². The van der Waals surface area contributed by atoms with Crippen LogP contribution in [0.3, 0.4) is 0 Å². The Balaban J connectivity index is 2.69. The lowest BCUT2D eigenvalue weighted by Gasteiger charge is -2.41. The Bertz CT molecular complexity index is 412. The Morgan fingerprint density at radius 1 is 1.12 bits per heavy atom. The SMILES string of the molecule is Cc1ccc2c(c1C)C(C)C(C)CC2(C)C. The first kappa shape index (κ1) is 11.7. The maximum atomic E-state index is 2.40. The molecule has 0 saturated carbocycles. The van der Waals surface area contributed by atoms with Gasteiger partial charge in [-0.1, -0.05) is 39.8 Å². The van der Waals surface area contributed by atoms with Gasteiger partial charge >= 0.3 is 0 Å². The quantitative estimate of drug-likeness (QED) is 0.588. The summed E-state index contributed by atoms with van der Waals surface area (Å²) in [7, 11) is 0. The van der Waals surface area contributed by atoms with Gasteiger partial charge in [-0.15, -0.1) is 0 Å². The second kappa shape index (κ2) is 3.61. The molecule has 0 aliphatic heterocycles. The zero-order chi connectivity index (χ0) is 12.1. The average molecular weight is 216 g/mol. The van der Waals surface area contributed by atoms with Crippen LogP contribution < -0.4 is 0 Å². The molecule has 1 aromatic carbocycles. The Hall–Kier alpha value is -0.780. The van der Waals surface area contributed by atoms with Crippen molar-refractivity contribution in [2.24, 2.45) is 5.92 Å². The van der Waals surface area contributed by atoms with Crippen LogP contribution in [0.1, 0.15) is 62.3 Å². The van der Waals surface area contributed by atoms with E-state index in [9.17, 15) is 0 Å². The molecule has 0 amide bonds. The number of benzene rings is 1. The zero-order valence-electron chi connectivity index (χ0n) is 11.5. The maximum Gasteiger partial charge on any atom is -0.00979 e. The molecule has 16 heavy (non-hydrogen) atoms. The summed E-state index contributed by atoms with van der Waals surface area (Å²) in [5.41, 5.74) is 6.52. The highest BCUT2D eigenvalue weighted by atomic mass is 14.4. The molecule has 2 rings (SSSR count). The van der Waals surface area contributed by atoms with Crippen molar-refractivity contribution in [1.82, 2.24) is 0 Å². The molecule has 0 N–H and O–H groups in total. The summed E-state index contributed by atoms with van der Waals surface area (Å²) < 4.78 is 0. The van der Waals surface area contributed by atoms with Gasteiger partial charge in [0.25, 0.3) is 0 Å². The van der Waals surface area contributed by atoms with Crippen LogP contribution in [-0.2, 0) is 5.41 Å². The Morgan fingerprint density at radius 2 is 1.75 bits per heavy atom. The Kier molecular flexibility index (Phi) is 2.64. The van der Waals surface area contributed by atoms with E-state index in [1.54, 1.807) is 11.1 Å². The van der Waals surface area contributed by atoms with Crippen LogP contribution in [-0.4, -0.2) is 0 Å². The molecule has 0 spiro atoms. The van der Waals surface area contributed by atoms with E-state index >= 15 is 0 Å². The van der Waals surface area contributed by atoms with Crippen molar-refractivity contribution in [3.63, 3.8) is 0 Å². The van der Waals surface area contributed by atoms with Crippen LogP contribution >= 0.6 is 0 Å². The molecule has 0 fully saturated rings. The van der Waals surface area contributed by atoms with E-state index in [4.69, 9.17) is 0 Å². The zero-order valence-corrected chi connectivity index (χ0v) is 11.5. The molecule has 0 bridgehead atoms. The number of hydrogen-bond donors (Lipinski definition) is 0. The smallest absolute Gasteiger partial charge is 0.00979 e. The number of aryl methyl sites for hydroxylation is 1. The summed E-state index contributed by atoms with van der Waals surface area (Å²) in [4.78, 5) is 0. The molecule has 0 heteroatoms. The van der Waals surface area contributed by atoms with Gasteiger partial charge in [0.05, 0.1) is 0 Å². The fraction of sp³-hybridized carbons (Fsp3) is 0.625. The largest absolute Gasteiger partial charge is 0.0619 e. The van der Waals surface area contributed by atoms with Crippen LogP contribution in [0.25, 0.3) is 0 Å². The van der Waals surface area contributed by atoms with E-state index in [1.807, 2.05) is 0 Å².